The van der Waals surface area contributed by atoms with Crippen LogP contribution in [0.4, 0.5) is 5.69 Å². The molecule has 0 amide bonds. The molecule has 1 unspecified atom stereocenters. The highest BCUT2D eigenvalue weighted by Crippen LogP contribution is 2.70. The molecule has 1 spiro atoms. The van der Waals surface area contributed by atoms with E-state index < -0.39 is 8.95 Å². The molecular formula is C33H29BrN2OS2. The summed E-state index contributed by atoms with van der Waals surface area (Å²) in [6, 6.07) is 35.0. The number of hydrogen-bond acceptors (Lipinski definition) is 5. The predicted octanol–water partition coefficient (Wildman–Crippen LogP) is 8.88. The Hall–Kier alpha value is -2.80. The van der Waals surface area contributed by atoms with E-state index in [1.54, 1.807) is 18.7 Å². The molecule has 2 aliphatic heterocycles. The number of benzene rings is 4. The number of halogens is 1. The molecule has 196 valence electrons. The number of aryl methyl sites for hydroxylation is 2. The van der Waals surface area contributed by atoms with Crippen LogP contribution in [-0.2, 0) is 26.6 Å². The lowest BCUT2D eigenvalue weighted by atomic mass is 9.81. The van der Waals surface area contributed by atoms with E-state index in [9.17, 15) is 4.79 Å². The first-order valence-corrected chi connectivity index (χ1v) is 15.7. The van der Waals surface area contributed by atoms with E-state index in [1.807, 2.05) is 23.9 Å². The number of nitrogens with zero attached hydrogens (tertiary/aromatic N) is 2. The summed E-state index contributed by atoms with van der Waals surface area (Å²) < 4.78 is -0.140. The Morgan fingerprint density at radius 3 is 1.85 bits per heavy atom. The first-order chi connectivity index (χ1) is 18.9. The normalized spacial score (nSPS) is 19.3. The lowest BCUT2D eigenvalue weighted by Crippen LogP contribution is -2.34. The van der Waals surface area contributed by atoms with Gasteiger partial charge in [0.05, 0.1) is 10.4 Å². The molecule has 0 aliphatic carbocycles. The van der Waals surface area contributed by atoms with Gasteiger partial charge in [0.2, 0.25) is 0 Å². The van der Waals surface area contributed by atoms with Gasteiger partial charge in [-0.3, -0.25) is 4.79 Å². The van der Waals surface area contributed by atoms with E-state index in [1.165, 1.54) is 33.4 Å². The molecule has 6 heteroatoms. The number of hydrogen-bond donors (Lipinski definition) is 0. The molecule has 4 aromatic rings. The molecule has 0 N–H and O–H groups in total. The summed E-state index contributed by atoms with van der Waals surface area (Å²) in [5.41, 5.74) is 8.44. The van der Waals surface area contributed by atoms with Gasteiger partial charge in [-0.05, 0) is 64.9 Å². The first-order valence-electron chi connectivity index (χ1n) is 13.2. The van der Waals surface area contributed by atoms with Gasteiger partial charge in [0.25, 0.3) is 0 Å². The van der Waals surface area contributed by atoms with Gasteiger partial charge in [0, 0.05) is 17.0 Å². The summed E-state index contributed by atoms with van der Waals surface area (Å²) >= 11 is 7.01. The minimum Gasteiger partial charge on any atom is -0.292 e. The quantitative estimate of drug-likeness (QED) is 0.218. The topological polar surface area (TPSA) is 32.7 Å². The maximum absolute atomic E-state index is 12.8. The molecule has 1 atom stereocenters. The second-order valence-corrected chi connectivity index (χ2v) is 13.6. The molecule has 0 bridgehead atoms. The van der Waals surface area contributed by atoms with Crippen LogP contribution >= 0.6 is 39.5 Å². The predicted molar refractivity (Wildman–Crippen MR) is 170 cm³/mol. The summed E-state index contributed by atoms with van der Waals surface area (Å²) in [6.45, 7) is 5.99. The third-order valence-corrected chi connectivity index (χ3v) is 11.5. The maximum atomic E-state index is 12.8. The fraction of sp³-hybridized carbons (Fsp3) is 0.212. The van der Waals surface area contributed by atoms with Gasteiger partial charge < -0.3 is 0 Å². The van der Waals surface area contributed by atoms with Gasteiger partial charge >= 0.3 is 0 Å². The van der Waals surface area contributed by atoms with Crippen molar-refractivity contribution in [2.45, 2.75) is 42.6 Å². The van der Waals surface area contributed by atoms with Crippen LogP contribution in [0.15, 0.2) is 107 Å². The van der Waals surface area contributed by atoms with E-state index in [0.29, 0.717) is 5.04 Å². The molecule has 6 rings (SSSR count). The Bertz CT molecular complexity index is 1520. The number of thioether (sulfide) groups is 2. The standard InChI is InChI=1S/C33H29BrN2OS2/c1-4-23-10-14-25(15-11-23)32(26-16-12-24(5-2)13-17-26)29-8-6-7-9-30(29)33(39-32)36(35-31(38-33)22(3)37)28-20-18-27(34)19-21-28/h6-21H,4-5H2,1-3H3. The highest BCUT2D eigenvalue weighted by molar-refractivity contribution is 9.10. The highest BCUT2D eigenvalue weighted by Gasteiger charge is 2.61. The number of ketones is 1. The Labute approximate surface area is 247 Å². The van der Waals surface area contributed by atoms with Crippen LogP contribution < -0.4 is 5.01 Å². The monoisotopic (exact) mass is 612 g/mol. The number of rotatable bonds is 6. The van der Waals surface area contributed by atoms with Gasteiger partial charge in [-0.15, -0.1) is 0 Å². The van der Waals surface area contributed by atoms with Gasteiger partial charge in [-0.1, -0.05) is 126 Å². The summed E-state index contributed by atoms with van der Waals surface area (Å²) in [7, 11) is 0. The molecule has 0 aromatic heterocycles. The fourth-order valence-electron chi connectivity index (χ4n) is 5.47. The number of fused-ring (bicyclic) bond motifs is 2. The third-order valence-electron chi connectivity index (χ3n) is 7.55. The molecule has 39 heavy (non-hydrogen) atoms. The molecule has 0 radical (unpaired) electrons. The summed E-state index contributed by atoms with van der Waals surface area (Å²) in [5.74, 6) is -0.0193. The molecule has 2 heterocycles. The van der Waals surface area contributed by atoms with Crippen LogP contribution in [-0.4, -0.2) is 10.8 Å². The van der Waals surface area contributed by atoms with Crippen LogP contribution in [0.3, 0.4) is 0 Å². The first kappa shape index (κ1) is 26.4. The van der Waals surface area contributed by atoms with Gasteiger partial charge in [0.1, 0.15) is 0 Å². The van der Waals surface area contributed by atoms with E-state index in [2.05, 4.69) is 120 Å². The molecule has 2 aliphatic rings. The second kappa shape index (κ2) is 10.3. The van der Waals surface area contributed by atoms with E-state index in [-0.39, 0.29) is 5.78 Å². The van der Waals surface area contributed by atoms with Crippen molar-refractivity contribution in [2.24, 2.45) is 5.10 Å². The third kappa shape index (κ3) is 4.28. The minimum absolute atomic E-state index is 0.0193. The van der Waals surface area contributed by atoms with Gasteiger partial charge in [-0.2, -0.15) is 5.10 Å². The maximum Gasteiger partial charge on any atom is 0.187 e. The average molecular weight is 614 g/mol. The smallest absolute Gasteiger partial charge is 0.187 e. The number of carbonyl (C=O) groups is 1. The van der Waals surface area contributed by atoms with Crippen molar-refractivity contribution < 1.29 is 4.79 Å². The number of hydrazone groups is 1. The Balaban J connectivity index is 1.63. The number of carbonyl (C=O) groups excluding carboxylic acids is 1. The zero-order valence-corrected chi connectivity index (χ0v) is 25.4. The number of anilines is 1. The molecular weight excluding hydrogens is 584 g/mol. The van der Waals surface area contributed by atoms with Crippen LogP contribution in [0.5, 0.6) is 0 Å². The van der Waals surface area contributed by atoms with E-state index in [0.717, 1.165) is 23.0 Å². The minimum atomic E-state index is -0.654. The second-order valence-electron chi connectivity index (χ2n) is 9.86. The van der Waals surface area contributed by atoms with Crippen molar-refractivity contribution in [3.63, 3.8) is 0 Å². The summed E-state index contributed by atoms with van der Waals surface area (Å²) in [5, 5.41) is 7.55. The van der Waals surface area contributed by atoms with Crippen LogP contribution in [0, 0.1) is 0 Å². The van der Waals surface area contributed by atoms with Gasteiger partial charge in [-0.25, -0.2) is 5.01 Å². The van der Waals surface area contributed by atoms with Crippen LogP contribution in [0.1, 0.15) is 54.2 Å². The van der Waals surface area contributed by atoms with Crippen molar-refractivity contribution in [1.82, 2.24) is 0 Å². The fourth-order valence-corrected chi connectivity index (χ4v) is 9.29. The van der Waals surface area contributed by atoms with E-state index >= 15 is 0 Å². The van der Waals surface area contributed by atoms with Crippen molar-refractivity contribution in [3.8, 4) is 0 Å². The zero-order chi connectivity index (χ0) is 27.2. The average Bonchev–Trinajstić information content (AvgIpc) is 3.51. The summed E-state index contributed by atoms with van der Waals surface area (Å²) in [6.07, 6.45) is 1.99. The van der Waals surface area contributed by atoms with Crippen molar-refractivity contribution >= 4 is 56.0 Å². The van der Waals surface area contributed by atoms with E-state index in [4.69, 9.17) is 5.10 Å². The van der Waals surface area contributed by atoms with Crippen LogP contribution in [0.2, 0.25) is 0 Å². The Morgan fingerprint density at radius 1 is 0.795 bits per heavy atom. The van der Waals surface area contributed by atoms with Crippen molar-refractivity contribution in [1.29, 1.82) is 0 Å². The molecule has 0 saturated heterocycles. The SMILES string of the molecule is CCc1ccc(C2(c3ccc(CC)cc3)SC3(SC(C(C)=O)=NN3c3ccc(Br)cc3)c3ccccc32)cc1. The molecule has 0 fully saturated rings. The molecule has 0 saturated carbocycles. The lowest BCUT2D eigenvalue weighted by molar-refractivity contribution is -0.110. The Kier molecular flexibility index (Phi) is 6.98. The number of Topliss-reactive ketones (excluding diaryl/α,β-unsaturated/α-hetero) is 1. The summed E-state index contributed by atoms with van der Waals surface area (Å²) in [4.78, 5) is 12.8. The van der Waals surface area contributed by atoms with Crippen molar-refractivity contribution in [3.05, 3.63) is 135 Å². The molecule has 4 aromatic carbocycles. The zero-order valence-electron chi connectivity index (χ0n) is 22.1. The highest BCUT2D eigenvalue weighted by atomic mass is 79.9. The largest absolute Gasteiger partial charge is 0.292 e. The Morgan fingerprint density at radius 2 is 1.33 bits per heavy atom. The lowest BCUT2D eigenvalue weighted by Gasteiger charge is -2.37. The van der Waals surface area contributed by atoms with Crippen molar-refractivity contribution in [2.75, 3.05) is 5.01 Å². The van der Waals surface area contributed by atoms with Crippen LogP contribution in [0.25, 0.3) is 0 Å². The van der Waals surface area contributed by atoms with Gasteiger partial charge in [0.15, 0.2) is 15.0 Å². The molecule has 3 nitrogen and oxygen atoms in total.